The summed E-state index contributed by atoms with van der Waals surface area (Å²) in [5.41, 5.74) is 0.874. The van der Waals surface area contributed by atoms with Gasteiger partial charge in [-0.05, 0) is 42.8 Å². The normalized spacial score (nSPS) is 11.9. The van der Waals surface area contributed by atoms with Crippen molar-refractivity contribution in [1.82, 2.24) is 10.2 Å². The number of carbonyl (C=O) groups excluding carboxylic acids is 2. The molecule has 3 aromatic rings. The molecule has 0 aliphatic rings. The van der Waals surface area contributed by atoms with Gasteiger partial charge in [0, 0.05) is 24.7 Å². The lowest BCUT2D eigenvalue weighted by Gasteiger charge is -2.32. The van der Waals surface area contributed by atoms with Gasteiger partial charge in [0.2, 0.25) is 11.8 Å². The standard InChI is InChI=1S/C26H28ClN3O5S/c1-19(26(32)28-2)29(17-20-10-7-8-15-24(20)27)25(31)18-30(21-11-9-12-22(16-21)35-3)36(33,34)23-13-5-4-6-14-23/h4-16,19H,17-18H2,1-3H3,(H,28,32). The van der Waals surface area contributed by atoms with Gasteiger partial charge in [0.05, 0.1) is 17.7 Å². The van der Waals surface area contributed by atoms with Crippen LogP contribution in [0, 0.1) is 0 Å². The molecule has 10 heteroatoms. The van der Waals surface area contributed by atoms with E-state index in [9.17, 15) is 18.0 Å². The van der Waals surface area contributed by atoms with E-state index in [0.29, 0.717) is 16.3 Å². The van der Waals surface area contributed by atoms with Crippen LogP contribution in [0.15, 0.2) is 83.8 Å². The van der Waals surface area contributed by atoms with Crippen molar-refractivity contribution < 1.29 is 22.7 Å². The van der Waals surface area contributed by atoms with Gasteiger partial charge in [0.25, 0.3) is 10.0 Å². The number of amides is 2. The highest BCUT2D eigenvalue weighted by Crippen LogP contribution is 2.28. The van der Waals surface area contributed by atoms with E-state index in [0.717, 1.165) is 4.31 Å². The Labute approximate surface area is 216 Å². The molecule has 8 nitrogen and oxygen atoms in total. The van der Waals surface area contributed by atoms with E-state index in [-0.39, 0.29) is 17.1 Å². The Hall–Kier alpha value is -3.56. The van der Waals surface area contributed by atoms with Gasteiger partial charge < -0.3 is 15.0 Å². The Morgan fingerprint density at radius 1 is 1.00 bits per heavy atom. The number of rotatable bonds is 10. The molecule has 0 radical (unpaired) electrons. The molecule has 1 unspecified atom stereocenters. The lowest BCUT2D eigenvalue weighted by Crippen LogP contribution is -2.50. The van der Waals surface area contributed by atoms with Crippen LogP contribution in [0.2, 0.25) is 5.02 Å². The van der Waals surface area contributed by atoms with E-state index in [4.69, 9.17) is 16.3 Å². The SMILES string of the molecule is CNC(=O)C(C)N(Cc1ccccc1Cl)C(=O)CN(c1cccc(OC)c1)S(=O)(=O)c1ccccc1. The molecule has 0 bridgehead atoms. The minimum absolute atomic E-state index is 0.0183. The zero-order valence-corrected chi connectivity index (χ0v) is 21.8. The van der Waals surface area contributed by atoms with Crippen molar-refractivity contribution in [3.05, 3.63) is 89.4 Å². The minimum atomic E-state index is -4.14. The Morgan fingerprint density at radius 2 is 1.67 bits per heavy atom. The van der Waals surface area contributed by atoms with Crippen LogP contribution in [0.1, 0.15) is 12.5 Å². The average Bonchev–Trinajstić information content (AvgIpc) is 2.90. The van der Waals surface area contributed by atoms with Crippen LogP contribution in [0.4, 0.5) is 5.69 Å². The van der Waals surface area contributed by atoms with Crippen LogP contribution in [0.3, 0.4) is 0 Å². The monoisotopic (exact) mass is 529 g/mol. The lowest BCUT2D eigenvalue weighted by atomic mass is 10.1. The number of carbonyl (C=O) groups is 2. The summed E-state index contributed by atoms with van der Waals surface area (Å²) in [6.45, 7) is 1.05. The molecule has 3 aromatic carbocycles. The number of methoxy groups -OCH3 is 1. The largest absolute Gasteiger partial charge is 0.497 e. The summed E-state index contributed by atoms with van der Waals surface area (Å²) in [4.78, 5) is 27.5. The van der Waals surface area contributed by atoms with Crippen molar-refractivity contribution in [3.8, 4) is 5.75 Å². The van der Waals surface area contributed by atoms with E-state index >= 15 is 0 Å². The summed E-state index contributed by atoms with van der Waals surface area (Å²) < 4.78 is 33.6. The smallest absolute Gasteiger partial charge is 0.264 e. The molecule has 1 atom stereocenters. The van der Waals surface area contributed by atoms with Crippen molar-refractivity contribution in [3.63, 3.8) is 0 Å². The zero-order chi connectivity index (χ0) is 26.3. The molecule has 3 rings (SSSR count). The van der Waals surface area contributed by atoms with Gasteiger partial charge in [-0.25, -0.2) is 8.42 Å². The van der Waals surface area contributed by atoms with Gasteiger partial charge in [-0.1, -0.05) is 54.1 Å². The van der Waals surface area contributed by atoms with E-state index < -0.39 is 34.4 Å². The predicted octanol–water partition coefficient (Wildman–Crippen LogP) is 3.71. The topological polar surface area (TPSA) is 96.0 Å². The van der Waals surface area contributed by atoms with Gasteiger partial charge in [-0.2, -0.15) is 0 Å². The number of hydrogen-bond donors (Lipinski definition) is 1. The van der Waals surface area contributed by atoms with Crippen LogP contribution >= 0.6 is 11.6 Å². The molecule has 190 valence electrons. The second-order valence-corrected chi connectivity index (χ2v) is 10.2. The van der Waals surface area contributed by atoms with Gasteiger partial charge in [0.1, 0.15) is 18.3 Å². The molecule has 36 heavy (non-hydrogen) atoms. The summed E-state index contributed by atoms with van der Waals surface area (Å²) in [6, 6.07) is 20.4. The molecule has 0 fully saturated rings. The Morgan fingerprint density at radius 3 is 2.31 bits per heavy atom. The molecule has 0 saturated heterocycles. The highest BCUT2D eigenvalue weighted by molar-refractivity contribution is 7.92. The first-order chi connectivity index (χ1) is 17.2. The fourth-order valence-electron chi connectivity index (χ4n) is 3.62. The van der Waals surface area contributed by atoms with Crippen molar-refractivity contribution in [2.45, 2.75) is 24.4 Å². The van der Waals surface area contributed by atoms with Crippen molar-refractivity contribution in [2.24, 2.45) is 0 Å². The number of halogens is 1. The number of sulfonamides is 1. The molecule has 0 aromatic heterocycles. The van der Waals surface area contributed by atoms with Crippen LogP contribution in [0.25, 0.3) is 0 Å². The second kappa shape index (κ2) is 11.9. The number of likely N-dealkylation sites (N-methyl/N-ethyl adjacent to an activating group) is 1. The lowest BCUT2D eigenvalue weighted by molar-refractivity contribution is -0.139. The summed E-state index contributed by atoms with van der Waals surface area (Å²) >= 11 is 6.32. The molecule has 0 heterocycles. The van der Waals surface area contributed by atoms with Crippen LogP contribution in [-0.4, -0.2) is 51.9 Å². The van der Waals surface area contributed by atoms with Gasteiger partial charge in [0.15, 0.2) is 0 Å². The van der Waals surface area contributed by atoms with Gasteiger partial charge >= 0.3 is 0 Å². The first kappa shape index (κ1) is 27.0. The fraction of sp³-hybridized carbons (Fsp3) is 0.231. The Balaban J connectivity index is 2.05. The summed E-state index contributed by atoms with van der Waals surface area (Å²) in [7, 11) is -1.20. The third kappa shape index (κ3) is 6.16. The van der Waals surface area contributed by atoms with Crippen molar-refractivity contribution in [1.29, 1.82) is 0 Å². The van der Waals surface area contributed by atoms with E-state index in [1.807, 2.05) is 0 Å². The molecular weight excluding hydrogens is 502 g/mol. The quantitative estimate of drug-likeness (QED) is 0.432. The maximum absolute atomic E-state index is 13.7. The fourth-order valence-corrected chi connectivity index (χ4v) is 5.24. The van der Waals surface area contributed by atoms with E-state index in [2.05, 4.69) is 5.32 Å². The second-order valence-electron chi connectivity index (χ2n) is 7.93. The Kier molecular flexibility index (Phi) is 8.95. The molecule has 0 saturated carbocycles. The zero-order valence-electron chi connectivity index (χ0n) is 20.2. The number of nitrogens with zero attached hydrogens (tertiary/aromatic N) is 2. The predicted molar refractivity (Wildman–Crippen MR) is 139 cm³/mol. The maximum Gasteiger partial charge on any atom is 0.264 e. The molecule has 1 N–H and O–H groups in total. The number of hydrogen-bond acceptors (Lipinski definition) is 5. The number of benzene rings is 3. The third-order valence-electron chi connectivity index (χ3n) is 5.66. The minimum Gasteiger partial charge on any atom is -0.497 e. The molecule has 0 spiro atoms. The number of ether oxygens (including phenoxy) is 1. The Bertz CT molecular complexity index is 1320. The third-order valence-corrected chi connectivity index (χ3v) is 7.82. The highest BCUT2D eigenvalue weighted by atomic mass is 35.5. The van der Waals surface area contributed by atoms with Gasteiger partial charge in [-0.15, -0.1) is 0 Å². The first-order valence-electron chi connectivity index (χ1n) is 11.2. The van der Waals surface area contributed by atoms with Crippen LogP contribution in [-0.2, 0) is 26.2 Å². The summed E-state index contributed by atoms with van der Waals surface area (Å²) in [5, 5.41) is 2.97. The highest BCUT2D eigenvalue weighted by Gasteiger charge is 2.32. The van der Waals surface area contributed by atoms with Crippen LogP contribution in [0.5, 0.6) is 5.75 Å². The van der Waals surface area contributed by atoms with E-state index in [1.54, 1.807) is 67.6 Å². The molecular formula is C26H28ClN3O5S. The summed E-state index contributed by atoms with van der Waals surface area (Å²) in [5.74, 6) is -0.539. The maximum atomic E-state index is 13.7. The van der Waals surface area contributed by atoms with Gasteiger partial charge in [-0.3, -0.25) is 13.9 Å². The number of nitrogens with one attached hydrogen (secondary N) is 1. The van der Waals surface area contributed by atoms with Crippen molar-refractivity contribution in [2.75, 3.05) is 25.0 Å². The van der Waals surface area contributed by atoms with Crippen LogP contribution < -0.4 is 14.4 Å². The summed E-state index contributed by atoms with van der Waals surface area (Å²) in [6.07, 6.45) is 0. The molecule has 0 aliphatic carbocycles. The first-order valence-corrected chi connectivity index (χ1v) is 13.0. The van der Waals surface area contributed by atoms with E-state index in [1.165, 1.54) is 37.3 Å². The molecule has 2 amide bonds. The number of anilines is 1. The molecule has 0 aliphatic heterocycles. The van der Waals surface area contributed by atoms with Crippen molar-refractivity contribution >= 4 is 39.1 Å². The average molecular weight is 530 g/mol.